The number of guanidine groups is 1. The van der Waals surface area contributed by atoms with Crippen molar-refractivity contribution in [2.75, 3.05) is 59.4 Å². The Morgan fingerprint density at radius 3 is 2.44 bits per heavy atom. The van der Waals surface area contributed by atoms with E-state index in [2.05, 4.69) is 30.4 Å². The van der Waals surface area contributed by atoms with Gasteiger partial charge in [0.1, 0.15) is 0 Å². The molecule has 0 atom stereocenters. The zero-order valence-electron chi connectivity index (χ0n) is 16.1. The molecule has 2 aliphatic rings. The Hall–Kier alpha value is 0.270. The molecule has 7 heteroatoms. The molecular formula is C18H36IN3O2S. The van der Waals surface area contributed by atoms with Crippen LogP contribution in [0.25, 0.3) is 0 Å². The molecule has 0 unspecified atom stereocenters. The average molecular weight is 485 g/mol. The lowest BCUT2D eigenvalue weighted by atomic mass is 9.96. The van der Waals surface area contributed by atoms with E-state index in [1.54, 1.807) is 0 Å². The maximum atomic E-state index is 5.54. The molecule has 25 heavy (non-hydrogen) atoms. The largest absolute Gasteiger partial charge is 0.381 e. The molecule has 0 spiro atoms. The first-order valence-corrected chi connectivity index (χ1v) is 10.6. The van der Waals surface area contributed by atoms with Crippen LogP contribution in [0.15, 0.2) is 4.99 Å². The summed E-state index contributed by atoms with van der Waals surface area (Å²) in [4.78, 5) is 7.27. The summed E-state index contributed by atoms with van der Waals surface area (Å²) >= 11 is 1.95. The fourth-order valence-corrected chi connectivity index (χ4v) is 4.14. The molecule has 148 valence electrons. The lowest BCUT2D eigenvalue weighted by molar-refractivity contribution is 0.0625. The van der Waals surface area contributed by atoms with Crippen molar-refractivity contribution in [3.05, 3.63) is 0 Å². The van der Waals surface area contributed by atoms with Crippen molar-refractivity contribution in [1.82, 2.24) is 10.2 Å². The highest BCUT2D eigenvalue weighted by Crippen LogP contribution is 2.34. The zero-order chi connectivity index (χ0) is 17.3. The second-order valence-corrected chi connectivity index (χ2v) is 8.21. The van der Waals surface area contributed by atoms with E-state index in [0.29, 0.717) is 0 Å². The Bertz CT molecular complexity index is 387. The Labute approximate surface area is 175 Å². The summed E-state index contributed by atoms with van der Waals surface area (Å²) in [5, 5.41) is 3.46. The molecule has 2 fully saturated rings. The minimum Gasteiger partial charge on any atom is -0.381 e. The molecule has 0 aromatic carbocycles. The van der Waals surface area contributed by atoms with Crippen molar-refractivity contribution in [2.45, 2.75) is 43.8 Å². The van der Waals surface area contributed by atoms with Crippen molar-refractivity contribution in [3.8, 4) is 0 Å². The summed E-state index contributed by atoms with van der Waals surface area (Å²) in [7, 11) is 2.16. The van der Waals surface area contributed by atoms with Crippen LogP contribution >= 0.6 is 35.7 Å². The third kappa shape index (κ3) is 7.81. The predicted molar refractivity (Wildman–Crippen MR) is 118 cm³/mol. The number of hydrogen-bond donors (Lipinski definition) is 1. The van der Waals surface area contributed by atoms with Gasteiger partial charge < -0.3 is 19.7 Å². The molecule has 0 aromatic heterocycles. The smallest absolute Gasteiger partial charge is 0.193 e. The predicted octanol–water partition coefficient (Wildman–Crippen LogP) is 3.23. The number of ether oxygens (including phenoxy) is 2. The molecule has 2 aliphatic heterocycles. The molecule has 2 heterocycles. The van der Waals surface area contributed by atoms with Gasteiger partial charge in [0, 0.05) is 51.3 Å². The molecule has 0 aliphatic carbocycles. The first-order valence-electron chi connectivity index (χ1n) is 9.39. The van der Waals surface area contributed by atoms with Crippen molar-refractivity contribution >= 4 is 41.7 Å². The highest BCUT2D eigenvalue weighted by molar-refractivity contribution is 14.0. The van der Waals surface area contributed by atoms with Gasteiger partial charge in [-0.05, 0) is 51.2 Å². The van der Waals surface area contributed by atoms with Crippen LogP contribution in [0.5, 0.6) is 0 Å². The van der Waals surface area contributed by atoms with E-state index in [1.807, 2.05) is 11.8 Å². The van der Waals surface area contributed by atoms with E-state index in [4.69, 9.17) is 14.5 Å². The third-order valence-corrected chi connectivity index (χ3v) is 6.67. The van der Waals surface area contributed by atoms with Crippen LogP contribution in [-0.2, 0) is 9.47 Å². The third-order valence-electron chi connectivity index (χ3n) is 5.26. The second kappa shape index (κ2) is 12.6. The van der Waals surface area contributed by atoms with Crippen LogP contribution in [0.2, 0.25) is 0 Å². The van der Waals surface area contributed by atoms with Crippen LogP contribution in [0.3, 0.4) is 0 Å². The first kappa shape index (κ1) is 23.3. The fourth-order valence-electron chi connectivity index (χ4n) is 3.38. The lowest BCUT2D eigenvalue weighted by Gasteiger charge is -2.35. The Morgan fingerprint density at radius 1 is 1.20 bits per heavy atom. The van der Waals surface area contributed by atoms with Crippen molar-refractivity contribution < 1.29 is 9.47 Å². The van der Waals surface area contributed by atoms with Crippen LogP contribution in [0.4, 0.5) is 0 Å². The number of nitrogens with zero attached hydrogens (tertiary/aromatic N) is 2. The van der Waals surface area contributed by atoms with E-state index >= 15 is 0 Å². The summed E-state index contributed by atoms with van der Waals surface area (Å²) in [5.41, 5.74) is 0. The molecule has 0 saturated carbocycles. The van der Waals surface area contributed by atoms with Gasteiger partial charge in [0.2, 0.25) is 0 Å². The monoisotopic (exact) mass is 485 g/mol. The van der Waals surface area contributed by atoms with Gasteiger partial charge in [-0.25, -0.2) is 0 Å². The molecule has 0 aromatic rings. The van der Waals surface area contributed by atoms with Gasteiger partial charge in [0.25, 0.3) is 0 Å². The summed E-state index contributed by atoms with van der Waals surface area (Å²) in [6.45, 7) is 8.59. The van der Waals surface area contributed by atoms with Crippen molar-refractivity contribution in [3.63, 3.8) is 0 Å². The molecule has 0 bridgehead atoms. The topological polar surface area (TPSA) is 46.1 Å². The molecule has 0 radical (unpaired) electrons. The summed E-state index contributed by atoms with van der Waals surface area (Å²) in [6, 6.07) is 0. The number of nitrogens with one attached hydrogen (secondary N) is 1. The molecular weight excluding hydrogens is 449 g/mol. The number of thioether (sulfide) groups is 1. The minimum atomic E-state index is 0. The molecule has 5 nitrogen and oxygen atoms in total. The second-order valence-electron chi connectivity index (χ2n) is 6.94. The van der Waals surface area contributed by atoms with Gasteiger partial charge >= 0.3 is 0 Å². The number of rotatable bonds is 7. The van der Waals surface area contributed by atoms with Gasteiger partial charge in [-0.1, -0.05) is 0 Å². The highest BCUT2D eigenvalue weighted by Gasteiger charge is 2.31. The minimum absolute atomic E-state index is 0. The maximum absolute atomic E-state index is 5.54. The molecule has 0 amide bonds. The normalized spacial score (nSPS) is 21.5. The van der Waals surface area contributed by atoms with Gasteiger partial charge in [-0.15, -0.1) is 24.0 Å². The fraction of sp³-hybridized carbons (Fsp3) is 0.944. The van der Waals surface area contributed by atoms with Crippen molar-refractivity contribution in [2.24, 2.45) is 10.9 Å². The molecule has 1 N–H and O–H groups in total. The number of aliphatic imine (C=N–C) groups is 1. The van der Waals surface area contributed by atoms with E-state index in [9.17, 15) is 0 Å². The van der Waals surface area contributed by atoms with Crippen LogP contribution in [0.1, 0.15) is 39.0 Å². The van der Waals surface area contributed by atoms with E-state index in [1.165, 1.54) is 19.3 Å². The Kier molecular flexibility index (Phi) is 11.8. The van der Waals surface area contributed by atoms with Crippen molar-refractivity contribution in [1.29, 1.82) is 0 Å². The Morgan fingerprint density at radius 2 is 1.84 bits per heavy atom. The lowest BCUT2D eigenvalue weighted by Crippen LogP contribution is -2.42. The summed E-state index contributed by atoms with van der Waals surface area (Å²) < 4.78 is 11.2. The first-order chi connectivity index (χ1) is 11.7. The van der Waals surface area contributed by atoms with E-state index in [-0.39, 0.29) is 28.7 Å². The Balaban J connectivity index is 0.00000312. The highest BCUT2D eigenvalue weighted by atomic mass is 127. The van der Waals surface area contributed by atoms with Crippen LogP contribution in [-0.4, -0.2) is 75.0 Å². The van der Waals surface area contributed by atoms with Gasteiger partial charge in [0.05, 0.1) is 6.54 Å². The molecule has 2 saturated heterocycles. The maximum Gasteiger partial charge on any atom is 0.193 e. The summed E-state index contributed by atoms with van der Waals surface area (Å²) in [5.74, 6) is 1.85. The van der Waals surface area contributed by atoms with Gasteiger partial charge in [-0.3, -0.25) is 4.99 Å². The van der Waals surface area contributed by atoms with Gasteiger partial charge in [0.15, 0.2) is 5.96 Å². The zero-order valence-corrected chi connectivity index (χ0v) is 19.2. The van der Waals surface area contributed by atoms with Crippen LogP contribution < -0.4 is 5.32 Å². The number of hydrogen-bond acceptors (Lipinski definition) is 4. The van der Waals surface area contributed by atoms with E-state index in [0.717, 1.165) is 70.8 Å². The standard InChI is InChI=1S/C18H35N3O2S.HI/c1-4-19-17(20-15-18(24-3)8-13-23-14-9-18)21(2)10-5-16-6-11-22-12-7-16;/h16H,4-15H2,1-3H3,(H,19,20);1H. The average Bonchev–Trinajstić information content (AvgIpc) is 2.64. The van der Waals surface area contributed by atoms with E-state index < -0.39 is 0 Å². The number of halogens is 1. The van der Waals surface area contributed by atoms with Gasteiger partial charge in [-0.2, -0.15) is 11.8 Å². The van der Waals surface area contributed by atoms with Crippen LogP contribution in [0, 0.1) is 5.92 Å². The molecule has 2 rings (SSSR count). The quantitative estimate of drug-likeness (QED) is 0.341. The SMILES string of the molecule is CCNC(=NCC1(SC)CCOCC1)N(C)CCC1CCOCC1.I. The summed E-state index contributed by atoms with van der Waals surface area (Å²) in [6.07, 6.45) is 8.05.